The van der Waals surface area contributed by atoms with Gasteiger partial charge in [-0.3, -0.25) is 10.3 Å². The third-order valence-corrected chi connectivity index (χ3v) is 6.65. The zero-order valence-electron chi connectivity index (χ0n) is 19.7. The van der Waals surface area contributed by atoms with Gasteiger partial charge >= 0.3 is 0 Å². The number of nitrogens with zero attached hydrogens (tertiary/aromatic N) is 2. The van der Waals surface area contributed by atoms with Crippen LogP contribution < -0.4 is 0 Å². The predicted molar refractivity (Wildman–Crippen MR) is 135 cm³/mol. The molecule has 5 heteroatoms. The summed E-state index contributed by atoms with van der Waals surface area (Å²) in [6.45, 7) is 6.56. The molecule has 4 nitrogen and oxygen atoms in total. The Morgan fingerprint density at radius 1 is 1.09 bits per heavy atom. The summed E-state index contributed by atoms with van der Waals surface area (Å²) in [6.07, 6.45) is 1.72. The molecular weight excluding hydrogens is 423 g/mol. The molecule has 172 valence electrons. The molecule has 0 atom stereocenters. The highest BCUT2D eigenvalue weighted by atomic mass is 19.1. The minimum Gasteiger partial charge on any atom is -0.339 e. The van der Waals surface area contributed by atoms with Crippen LogP contribution in [0.25, 0.3) is 11.1 Å². The molecule has 0 radical (unpaired) electrons. The first-order chi connectivity index (χ1) is 16.5. The molecule has 0 aliphatic carbocycles. The monoisotopic (exact) mass is 452 g/mol. The Morgan fingerprint density at radius 3 is 2.59 bits per heavy atom. The second kappa shape index (κ2) is 9.35. The van der Waals surface area contributed by atoms with Gasteiger partial charge in [-0.25, -0.2) is 9.37 Å². The van der Waals surface area contributed by atoms with Gasteiger partial charge in [-0.1, -0.05) is 67.6 Å². The van der Waals surface area contributed by atoms with Gasteiger partial charge in [0.1, 0.15) is 11.5 Å². The number of fused-ring (bicyclic) bond motifs is 1. The van der Waals surface area contributed by atoms with E-state index in [0.717, 1.165) is 66.1 Å². The lowest BCUT2D eigenvalue weighted by Gasteiger charge is -2.25. The Morgan fingerprint density at radius 2 is 1.85 bits per heavy atom. The lowest BCUT2D eigenvalue weighted by Crippen LogP contribution is -2.30. The number of H-pyrrole nitrogens is 1. The molecule has 2 N–H and O–H groups in total. The average molecular weight is 453 g/mol. The van der Waals surface area contributed by atoms with Crippen molar-refractivity contribution in [2.75, 3.05) is 6.54 Å². The van der Waals surface area contributed by atoms with Gasteiger partial charge in [0.2, 0.25) is 0 Å². The lowest BCUT2D eigenvalue weighted by molar-refractivity contribution is 0.241. The highest BCUT2D eigenvalue weighted by Crippen LogP contribution is 2.28. The van der Waals surface area contributed by atoms with Crippen molar-refractivity contribution in [2.45, 2.75) is 39.8 Å². The standard InChI is InChI=1S/C29H29FN4/c1-3-21-15-19(2)25(30)16-24(21)22-9-11-23(12-10-22)28(31)29-32-26-13-14-34(18-27(26)33-29)17-20-7-5-4-6-8-20/h4-12,15-16,31H,3,13-14,17-18H2,1-2H3,(H,32,33). The minimum absolute atomic E-state index is 0.188. The largest absolute Gasteiger partial charge is 0.339 e. The number of rotatable bonds is 6. The molecule has 0 amide bonds. The minimum atomic E-state index is -0.188. The van der Waals surface area contributed by atoms with Crippen LogP contribution in [-0.2, 0) is 25.9 Å². The highest BCUT2D eigenvalue weighted by Gasteiger charge is 2.22. The topological polar surface area (TPSA) is 55.8 Å². The molecule has 1 aliphatic rings. The molecule has 4 aromatic rings. The molecule has 0 unspecified atom stereocenters. The summed E-state index contributed by atoms with van der Waals surface area (Å²) >= 11 is 0. The maximum atomic E-state index is 14.2. The Labute approximate surface area is 200 Å². The number of benzene rings is 3. The first kappa shape index (κ1) is 22.2. The Kier molecular flexibility index (Phi) is 6.12. The van der Waals surface area contributed by atoms with Gasteiger partial charge in [-0.05, 0) is 47.2 Å². The van der Waals surface area contributed by atoms with Crippen molar-refractivity contribution in [3.63, 3.8) is 0 Å². The fourth-order valence-corrected chi connectivity index (χ4v) is 4.70. The van der Waals surface area contributed by atoms with Crippen LogP contribution in [0.15, 0.2) is 66.7 Å². The number of imidazole rings is 1. The molecular formula is C29H29FN4. The maximum absolute atomic E-state index is 14.2. The zero-order chi connectivity index (χ0) is 23.7. The van der Waals surface area contributed by atoms with Crippen LogP contribution in [0.3, 0.4) is 0 Å². The summed E-state index contributed by atoms with van der Waals surface area (Å²) in [7, 11) is 0. The van der Waals surface area contributed by atoms with Crippen molar-refractivity contribution in [1.82, 2.24) is 14.9 Å². The van der Waals surface area contributed by atoms with E-state index in [2.05, 4.69) is 41.1 Å². The van der Waals surface area contributed by atoms with Crippen molar-refractivity contribution in [3.05, 3.63) is 112 Å². The van der Waals surface area contributed by atoms with Crippen molar-refractivity contribution in [3.8, 4) is 11.1 Å². The quantitative estimate of drug-likeness (QED) is 0.349. The smallest absolute Gasteiger partial charge is 0.156 e. The van der Waals surface area contributed by atoms with Gasteiger partial charge in [0.05, 0.1) is 11.4 Å². The van der Waals surface area contributed by atoms with Gasteiger partial charge in [-0.15, -0.1) is 0 Å². The molecule has 3 aromatic carbocycles. The normalized spacial score (nSPS) is 13.6. The van der Waals surface area contributed by atoms with E-state index in [1.165, 1.54) is 5.56 Å². The molecule has 0 bridgehead atoms. The summed E-state index contributed by atoms with van der Waals surface area (Å²) < 4.78 is 14.2. The van der Waals surface area contributed by atoms with Crippen molar-refractivity contribution in [1.29, 1.82) is 5.41 Å². The number of aromatic nitrogens is 2. The molecule has 0 saturated heterocycles. The van der Waals surface area contributed by atoms with Crippen LogP contribution in [0, 0.1) is 18.2 Å². The molecule has 34 heavy (non-hydrogen) atoms. The first-order valence-corrected chi connectivity index (χ1v) is 11.8. The van der Waals surface area contributed by atoms with E-state index in [0.29, 0.717) is 17.1 Å². The number of hydrogen-bond acceptors (Lipinski definition) is 3. The second-order valence-corrected chi connectivity index (χ2v) is 9.02. The molecule has 0 fully saturated rings. The van der Waals surface area contributed by atoms with E-state index in [9.17, 15) is 4.39 Å². The zero-order valence-corrected chi connectivity index (χ0v) is 19.7. The van der Waals surface area contributed by atoms with Crippen LogP contribution in [0.4, 0.5) is 4.39 Å². The van der Waals surface area contributed by atoms with Crippen molar-refractivity contribution in [2.24, 2.45) is 0 Å². The Hall–Kier alpha value is -3.57. The predicted octanol–water partition coefficient (Wildman–Crippen LogP) is 6.06. The molecule has 0 spiro atoms. The summed E-state index contributed by atoms with van der Waals surface area (Å²) in [5.74, 6) is 0.418. The molecule has 2 heterocycles. The number of halogens is 1. The molecule has 5 rings (SSSR count). The molecule has 1 aromatic heterocycles. The molecule has 1 aliphatic heterocycles. The lowest BCUT2D eigenvalue weighted by atomic mass is 9.94. The van der Waals surface area contributed by atoms with Gasteiger partial charge in [-0.2, -0.15) is 0 Å². The third-order valence-electron chi connectivity index (χ3n) is 6.65. The van der Waals surface area contributed by atoms with E-state index >= 15 is 0 Å². The van der Waals surface area contributed by atoms with E-state index < -0.39 is 0 Å². The van der Waals surface area contributed by atoms with Gasteiger partial charge in [0, 0.05) is 31.6 Å². The highest BCUT2D eigenvalue weighted by molar-refractivity contribution is 6.08. The summed E-state index contributed by atoms with van der Waals surface area (Å²) in [5.41, 5.74) is 8.30. The van der Waals surface area contributed by atoms with Crippen LogP contribution in [0.2, 0.25) is 0 Å². The van der Waals surface area contributed by atoms with Crippen LogP contribution in [0.5, 0.6) is 0 Å². The van der Waals surface area contributed by atoms with E-state index in [4.69, 9.17) is 10.4 Å². The summed E-state index contributed by atoms with van der Waals surface area (Å²) in [6, 6.07) is 21.8. The van der Waals surface area contributed by atoms with Crippen molar-refractivity contribution < 1.29 is 4.39 Å². The third kappa shape index (κ3) is 4.44. The summed E-state index contributed by atoms with van der Waals surface area (Å²) in [4.78, 5) is 10.5. The first-order valence-electron chi connectivity index (χ1n) is 11.8. The number of hydrogen-bond donors (Lipinski definition) is 2. The number of aromatic amines is 1. The fourth-order valence-electron chi connectivity index (χ4n) is 4.70. The average Bonchev–Trinajstić information content (AvgIpc) is 3.29. The summed E-state index contributed by atoms with van der Waals surface area (Å²) in [5, 5.41) is 8.73. The van der Waals surface area contributed by atoms with E-state index in [-0.39, 0.29) is 5.82 Å². The van der Waals surface area contributed by atoms with E-state index in [1.54, 1.807) is 13.0 Å². The Bertz CT molecular complexity index is 1320. The molecule has 0 saturated carbocycles. The SMILES string of the molecule is CCc1cc(C)c(F)cc1-c1ccc(C(=N)c2nc3c([nH]2)CN(Cc2ccccc2)CC3)cc1. The van der Waals surface area contributed by atoms with Gasteiger partial charge < -0.3 is 4.98 Å². The van der Waals surface area contributed by atoms with Crippen molar-refractivity contribution >= 4 is 5.71 Å². The van der Waals surface area contributed by atoms with E-state index in [1.807, 2.05) is 36.4 Å². The Balaban J connectivity index is 1.33. The second-order valence-electron chi connectivity index (χ2n) is 9.02. The van der Waals surface area contributed by atoms with Gasteiger partial charge in [0.25, 0.3) is 0 Å². The van der Waals surface area contributed by atoms with Gasteiger partial charge in [0.15, 0.2) is 5.82 Å². The van der Waals surface area contributed by atoms with Crippen LogP contribution in [-0.4, -0.2) is 27.1 Å². The van der Waals surface area contributed by atoms with Crippen LogP contribution in [0.1, 0.15) is 46.4 Å². The maximum Gasteiger partial charge on any atom is 0.156 e. The fraction of sp³-hybridized carbons (Fsp3) is 0.241. The number of aryl methyl sites for hydroxylation is 2. The van der Waals surface area contributed by atoms with Crippen LogP contribution >= 0.6 is 0 Å². The number of nitrogens with one attached hydrogen (secondary N) is 2.